The Morgan fingerprint density at radius 1 is 1.00 bits per heavy atom. The molecule has 0 aliphatic carbocycles. The van der Waals surface area contributed by atoms with Gasteiger partial charge in [-0.15, -0.1) is 0 Å². The van der Waals surface area contributed by atoms with Gasteiger partial charge in [-0.05, 0) is 37.5 Å². The molecule has 1 saturated heterocycles. The van der Waals surface area contributed by atoms with Crippen molar-refractivity contribution in [3.63, 3.8) is 0 Å². The van der Waals surface area contributed by atoms with E-state index in [4.69, 9.17) is 0 Å². The average molecular weight is 331 g/mol. The van der Waals surface area contributed by atoms with E-state index in [1.807, 2.05) is 6.92 Å². The van der Waals surface area contributed by atoms with Crippen LogP contribution in [0.25, 0.3) is 0 Å². The molecule has 1 aromatic rings. The highest BCUT2D eigenvalue weighted by Gasteiger charge is 2.23. The Bertz CT molecular complexity index is 620. The lowest BCUT2D eigenvalue weighted by Crippen LogP contribution is -2.41. The average Bonchev–Trinajstić information content (AvgIpc) is 2.55. The third-order valence-electron chi connectivity index (χ3n) is 4.31. The summed E-state index contributed by atoms with van der Waals surface area (Å²) in [5, 5.41) is 5.19. The van der Waals surface area contributed by atoms with Gasteiger partial charge in [0.05, 0.1) is 0 Å². The number of aryl methyl sites for hydroxylation is 1. The normalized spacial score (nSPS) is 15.2. The number of amides is 3. The van der Waals surface area contributed by atoms with E-state index in [-0.39, 0.29) is 5.91 Å². The van der Waals surface area contributed by atoms with Crippen LogP contribution in [0.1, 0.15) is 48.0 Å². The smallest absolute Gasteiger partial charge is 0.313 e. The van der Waals surface area contributed by atoms with Crippen molar-refractivity contribution < 1.29 is 14.4 Å². The maximum absolute atomic E-state index is 12.4. The first-order chi connectivity index (χ1) is 11.5. The molecule has 1 aromatic carbocycles. The zero-order chi connectivity index (χ0) is 17.5. The van der Waals surface area contributed by atoms with E-state index in [9.17, 15) is 14.4 Å². The molecule has 6 nitrogen and oxygen atoms in total. The maximum atomic E-state index is 12.4. The molecular formula is C18H25N3O3. The van der Waals surface area contributed by atoms with E-state index in [1.165, 1.54) is 6.42 Å². The summed E-state index contributed by atoms with van der Waals surface area (Å²) in [5.41, 5.74) is 1.73. The molecule has 0 unspecified atom stereocenters. The molecule has 0 radical (unpaired) electrons. The van der Waals surface area contributed by atoms with E-state index in [0.29, 0.717) is 24.3 Å². The van der Waals surface area contributed by atoms with Crippen molar-refractivity contribution >= 4 is 23.4 Å². The van der Waals surface area contributed by atoms with Crippen molar-refractivity contribution in [1.82, 2.24) is 10.2 Å². The summed E-state index contributed by atoms with van der Waals surface area (Å²) < 4.78 is 0. The standard InChI is InChI=1S/C18H25N3O3/c1-13-8-9-14(16(22)19-2)12-15(13)20-17(23)18(24)21-10-6-4-3-5-7-11-21/h8-9,12H,3-7,10-11H2,1-2H3,(H,19,22)(H,20,23). The number of nitrogens with zero attached hydrogens (tertiary/aromatic N) is 1. The van der Waals surface area contributed by atoms with Crippen LogP contribution in [0.15, 0.2) is 18.2 Å². The quantitative estimate of drug-likeness (QED) is 0.815. The lowest BCUT2D eigenvalue weighted by Gasteiger charge is -2.24. The fraction of sp³-hybridized carbons (Fsp3) is 0.500. The van der Waals surface area contributed by atoms with Crippen molar-refractivity contribution in [3.05, 3.63) is 29.3 Å². The van der Waals surface area contributed by atoms with E-state index < -0.39 is 11.8 Å². The number of carbonyl (C=O) groups excluding carboxylic acids is 3. The van der Waals surface area contributed by atoms with Gasteiger partial charge in [0.1, 0.15) is 0 Å². The van der Waals surface area contributed by atoms with E-state index in [1.54, 1.807) is 30.1 Å². The van der Waals surface area contributed by atoms with Crippen LogP contribution < -0.4 is 10.6 Å². The molecule has 1 heterocycles. The van der Waals surface area contributed by atoms with Gasteiger partial charge in [-0.2, -0.15) is 0 Å². The molecule has 1 aliphatic heterocycles. The highest BCUT2D eigenvalue weighted by Crippen LogP contribution is 2.18. The molecule has 0 spiro atoms. The topological polar surface area (TPSA) is 78.5 Å². The first kappa shape index (κ1) is 18.0. The van der Waals surface area contributed by atoms with Crippen LogP contribution in [0.3, 0.4) is 0 Å². The predicted octanol–water partition coefficient (Wildman–Crippen LogP) is 2.09. The molecule has 6 heteroatoms. The summed E-state index contributed by atoms with van der Waals surface area (Å²) in [4.78, 5) is 38.0. The summed E-state index contributed by atoms with van der Waals surface area (Å²) in [6, 6.07) is 5.03. The fourth-order valence-corrected chi connectivity index (χ4v) is 2.81. The predicted molar refractivity (Wildman–Crippen MR) is 92.9 cm³/mol. The zero-order valence-electron chi connectivity index (χ0n) is 14.4. The van der Waals surface area contributed by atoms with Gasteiger partial charge in [0, 0.05) is 31.4 Å². The van der Waals surface area contributed by atoms with E-state index >= 15 is 0 Å². The summed E-state index contributed by atoms with van der Waals surface area (Å²) in [7, 11) is 1.55. The van der Waals surface area contributed by atoms with Gasteiger partial charge in [-0.1, -0.05) is 25.3 Å². The minimum Gasteiger partial charge on any atom is -0.355 e. The summed E-state index contributed by atoms with van der Waals surface area (Å²) in [5.74, 6) is -1.38. The number of carbonyl (C=O) groups is 3. The van der Waals surface area contributed by atoms with Crippen molar-refractivity contribution in [3.8, 4) is 0 Å². The molecular weight excluding hydrogens is 306 g/mol. The van der Waals surface area contributed by atoms with Crippen LogP contribution in [0.2, 0.25) is 0 Å². The number of rotatable bonds is 2. The summed E-state index contributed by atoms with van der Waals surface area (Å²) in [6.07, 6.45) is 5.26. The molecule has 24 heavy (non-hydrogen) atoms. The van der Waals surface area contributed by atoms with Gasteiger partial charge in [-0.3, -0.25) is 14.4 Å². The Hall–Kier alpha value is -2.37. The fourth-order valence-electron chi connectivity index (χ4n) is 2.81. The largest absolute Gasteiger partial charge is 0.355 e. The molecule has 0 bridgehead atoms. The number of benzene rings is 1. The third-order valence-corrected chi connectivity index (χ3v) is 4.31. The van der Waals surface area contributed by atoms with Crippen LogP contribution in [0, 0.1) is 6.92 Å². The van der Waals surface area contributed by atoms with Gasteiger partial charge in [0.15, 0.2) is 0 Å². The second kappa shape index (κ2) is 8.47. The monoisotopic (exact) mass is 331 g/mol. The van der Waals surface area contributed by atoms with Gasteiger partial charge in [-0.25, -0.2) is 0 Å². The lowest BCUT2D eigenvalue weighted by atomic mass is 10.1. The highest BCUT2D eigenvalue weighted by atomic mass is 16.2. The third kappa shape index (κ3) is 4.57. The van der Waals surface area contributed by atoms with Crippen molar-refractivity contribution in [2.24, 2.45) is 0 Å². The highest BCUT2D eigenvalue weighted by molar-refractivity contribution is 6.39. The van der Waals surface area contributed by atoms with Crippen molar-refractivity contribution in [2.45, 2.75) is 39.0 Å². The van der Waals surface area contributed by atoms with Crippen LogP contribution >= 0.6 is 0 Å². The second-order valence-corrected chi connectivity index (χ2v) is 6.12. The molecule has 1 fully saturated rings. The molecule has 0 aromatic heterocycles. The van der Waals surface area contributed by atoms with Crippen LogP contribution in [-0.2, 0) is 9.59 Å². The van der Waals surface area contributed by atoms with Crippen LogP contribution in [-0.4, -0.2) is 42.8 Å². The molecule has 0 saturated carbocycles. The van der Waals surface area contributed by atoms with E-state index in [2.05, 4.69) is 10.6 Å². The zero-order valence-corrected chi connectivity index (χ0v) is 14.4. The molecule has 130 valence electrons. The maximum Gasteiger partial charge on any atom is 0.313 e. The number of hydrogen-bond donors (Lipinski definition) is 2. The molecule has 2 N–H and O–H groups in total. The SMILES string of the molecule is CNC(=O)c1ccc(C)c(NC(=O)C(=O)N2CCCCCCC2)c1. The summed E-state index contributed by atoms with van der Waals surface area (Å²) >= 11 is 0. The van der Waals surface area contributed by atoms with Crippen LogP contribution in [0.5, 0.6) is 0 Å². The van der Waals surface area contributed by atoms with Crippen molar-refractivity contribution in [1.29, 1.82) is 0 Å². The Labute approximate surface area is 142 Å². The van der Waals surface area contributed by atoms with Gasteiger partial charge >= 0.3 is 11.8 Å². The van der Waals surface area contributed by atoms with E-state index in [0.717, 1.165) is 31.2 Å². The first-order valence-corrected chi connectivity index (χ1v) is 8.46. The molecule has 3 amide bonds. The number of anilines is 1. The second-order valence-electron chi connectivity index (χ2n) is 6.12. The van der Waals surface area contributed by atoms with Crippen LogP contribution in [0.4, 0.5) is 5.69 Å². The lowest BCUT2D eigenvalue weighted by molar-refractivity contribution is -0.143. The van der Waals surface area contributed by atoms with Crippen molar-refractivity contribution in [2.75, 3.05) is 25.5 Å². The first-order valence-electron chi connectivity index (χ1n) is 8.46. The minimum atomic E-state index is -0.646. The Morgan fingerprint density at radius 2 is 1.62 bits per heavy atom. The van der Waals surface area contributed by atoms with Gasteiger partial charge in [0.2, 0.25) is 0 Å². The summed E-state index contributed by atoms with van der Waals surface area (Å²) in [6.45, 7) is 3.08. The van der Waals surface area contributed by atoms with Gasteiger partial charge in [0.25, 0.3) is 5.91 Å². The molecule has 2 rings (SSSR count). The Kier molecular flexibility index (Phi) is 6.35. The molecule has 1 aliphatic rings. The Balaban J connectivity index is 2.07. The minimum absolute atomic E-state index is 0.236. The number of hydrogen-bond acceptors (Lipinski definition) is 3. The van der Waals surface area contributed by atoms with Gasteiger partial charge < -0.3 is 15.5 Å². The Morgan fingerprint density at radius 3 is 2.25 bits per heavy atom. The molecule has 0 atom stereocenters. The number of likely N-dealkylation sites (tertiary alicyclic amines) is 1. The number of nitrogens with one attached hydrogen (secondary N) is 2.